The van der Waals surface area contributed by atoms with Gasteiger partial charge in [0.15, 0.2) is 0 Å². The molecule has 0 fully saturated rings. The first-order valence-electron chi connectivity index (χ1n) is 8.04. The molecule has 0 aromatic heterocycles. The quantitative estimate of drug-likeness (QED) is 0.789. The van der Waals surface area contributed by atoms with Crippen molar-refractivity contribution >= 4 is 11.8 Å². The third-order valence-corrected chi connectivity index (χ3v) is 3.48. The molecule has 1 rings (SSSR count). The van der Waals surface area contributed by atoms with Crippen LogP contribution in [-0.2, 0) is 9.59 Å². The van der Waals surface area contributed by atoms with Gasteiger partial charge in [0.1, 0.15) is 18.1 Å². The summed E-state index contributed by atoms with van der Waals surface area (Å²) < 4.78 is 10.7. The van der Waals surface area contributed by atoms with Crippen molar-refractivity contribution in [2.24, 2.45) is 5.41 Å². The molecule has 2 amide bonds. The van der Waals surface area contributed by atoms with E-state index in [4.69, 9.17) is 9.47 Å². The van der Waals surface area contributed by atoms with Gasteiger partial charge < -0.3 is 19.7 Å². The minimum Gasteiger partial charge on any atom is -0.497 e. The fourth-order valence-electron chi connectivity index (χ4n) is 1.94. The maximum Gasteiger partial charge on any atom is 0.225 e. The molecule has 0 aliphatic heterocycles. The molecule has 134 valence electrons. The maximum atomic E-state index is 11.8. The number of methoxy groups -OCH3 is 1. The Bertz CT molecular complexity index is 535. The Balaban J connectivity index is 2.37. The minimum atomic E-state index is -0.432. The average molecular weight is 336 g/mol. The van der Waals surface area contributed by atoms with Crippen molar-refractivity contribution in [3.05, 3.63) is 24.3 Å². The smallest absolute Gasteiger partial charge is 0.225 e. The Kier molecular flexibility index (Phi) is 7.55. The summed E-state index contributed by atoms with van der Waals surface area (Å²) in [6.07, 6.45) is 0. The average Bonchev–Trinajstić information content (AvgIpc) is 2.52. The highest BCUT2D eigenvalue weighted by atomic mass is 16.5. The zero-order valence-corrected chi connectivity index (χ0v) is 15.2. The van der Waals surface area contributed by atoms with Crippen LogP contribution in [-0.4, -0.2) is 50.1 Å². The lowest BCUT2D eigenvalue weighted by atomic mass is 9.96. The summed E-state index contributed by atoms with van der Waals surface area (Å²) in [6, 6.07) is 7.28. The van der Waals surface area contributed by atoms with Crippen molar-refractivity contribution in [1.29, 1.82) is 0 Å². The van der Waals surface area contributed by atoms with Gasteiger partial charge in [0.2, 0.25) is 11.8 Å². The van der Waals surface area contributed by atoms with Gasteiger partial charge in [-0.1, -0.05) is 20.8 Å². The summed E-state index contributed by atoms with van der Waals surface area (Å²) in [4.78, 5) is 25.2. The molecule has 6 heteroatoms. The summed E-state index contributed by atoms with van der Waals surface area (Å²) in [7, 11) is 1.61. The second kappa shape index (κ2) is 9.15. The molecule has 0 radical (unpaired) electrons. The summed E-state index contributed by atoms with van der Waals surface area (Å²) in [5.74, 6) is 1.42. The Hall–Kier alpha value is -2.24. The number of amides is 2. The molecular formula is C18H28N2O4. The van der Waals surface area contributed by atoms with Gasteiger partial charge in [-0.3, -0.25) is 9.59 Å². The van der Waals surface area contributed by atoms with Crippen LogP contribution in [0.15, 0.2) is 24.3 Å². The molecule has 1 aromatic carbocycles. The molecule has 0 unspecified atom stereocenters. The van der Waals surface area contributed by atoms with Gasteiger partial charge in [-0.15, -0.1) is 0 Å². The van der Waals surface area contributed by atoms with Crippen LogP contribution in [0.1, 0.15) is 27.7 Å². The lowest BCUT2D eigenvalue weighted by molar-refractivity contribution is -0.131. The van der Waals surface area contributed by atoms with Gasteiger partial charge in [0.25, 0.3) is 0 Å². The normalized spacial score (nSPS) is 10.9. The van der Waals surface area contributed by atoms with Crippen molar-refractivity contribution in [2.45, 2.75) is 27.7 Å². The van der Waals surface area contributed by atoms with Crippen LogP contribution in [0, 0.1) is 5.41 Å². The first-order chi connectivity index (χ1) is 11.2. The van der Waals surface area contributed by atoms with Gasteiger partial charge in [-0.2, -0.15) is 0 Å². The van der Waals surface area contributed by atoms with E-state index >= 15 is 0 Å². The van der Waals surface area contributed by atoms with E-state index in [1.54, 1.807) is 12.0 Å². The van der Waals surface area contributed by atoms with Gasteiger partial charge in [-0.05, 0) is 24.3 Å². The number of nitrogens with one attached hydrogen (secondary N) is 1. The molecular weight excluding hydrogens is 308 g/mol. The van der Waals surface area contributed by atoms with E-state index < -0.39 is 5.41 Å². The molecule has 0 atom stereocenters. The highest BCUT2D eigenvalue weighted by Crippen LogP contribution is 2.16. The fraction of sp³-hybridized carbons (Fsp3) is 0.556. The molecule has 1 aromatic rings. The van der Waals surface area contributed by atoms with Crippen molar-refractivity contribution in [1.82, 2.24) is 10.2 Å². The standard InChI is InChI=1S/C18H28N2O4/c1-14(21)20(11-10-19-17(22)18(2,3)4)12-13-24-16-8-6-15(23-5)7-9-16/h6-9H,10-13H2,1-5H3,(H,19,22). The summed E-state index contributed by atoms with van der Waals surface area (Å²) in [6.45, 7) is 8.82. The van der Waals surface area contributed by atoms with E-state index in [9.17, 15) is 9.59 Å². The van der Waals surface area contributed by atoms with Crippen LogP contribution in [0.2, 0.25) is 0 Å². The maximum absolute atomic E-state index is 11.8. The predicted octanol–water partition coefficient (Wildman–Crippen LogP) is 2.08. The predicted molar refractivity (Wildman–Crippen MR) is 93.2 cm³/mol. The Morgan fingerprint density at radius 3 is 2.17 bits per heavy atom. The van der Waals surface area contributed by atoms with Gasteiger partial charge in [0.05, 0.1) is 13.7 Å². The lowest BCUT2D eigenvalue weighted by Gasteiger charge is -2.23. The number of rotatable bonds is 8. The van der Waals surface area contributed by atoms with Crippen molar-refractivity contribution in [3.63, 3.8) is 0 Å². The zero-order valence-electron chi connectivity index (χ0n) is 15.2. The number of nitrogens with zero attached hydrogens (tertiary/aromatic N) is 1. The summed E-state index contributed by atoms with van der Waals surface area (Å²) >= 11 is 0. The van der Waals surface area contributed by atoms with Crippen molar-refractivity contribution in [2.75, 3.05) is 33.4 Å². The Morgan fingerprint density at radius 1 is 1.08 bits per heavy atom. The monoisotopic (exact) mass is 336 g/mol. The SMILES string of the molecule is COc1ccc(OCCN(CCNC(=O)C(C)(C)C)C(C)=O)cc1. The highest BCUT2D eigenvalue weighted by molar-refractivity contribution is 5.81. The number of hydrogen-bond acceptors (Lipinski definition) is 4. The molecule has 0 saturated carbocycles. The number of ether oxygens (including phenoxy) is 2. The molecule has 0 aliphatic rings. The van der Waals surface area contributed by atoms with Gasteiger partial charge >= 0.3 is 0 Å². The van der Waals surface area contributed by atoms with Crippen LogP contribution in [0.3, 0.4) is 0 Å². The third-order valence-electron chi connectivity index (χ3n) is 3.48. The lowest BCUT2D eigenvalue weighted by Crippen LogP contribution is -2.42. The van der Waals surface area contributed by atoms with Crippen LogP contribution in [0.25, 0.3) is 0 Å². The molecule has 0 aliphatic carbocycles. The fourth-order valence-corrected chi connectivity index (χ4v) is 1.94. The minimum absolute atomic E-state index is 0.0273. The Morgan fingerprint density at radius 2 is 1.67 bits per heavy atom. The second-order valence-electron chi connectivity index (χ2n) is 6.54. The number of benzene rings is 1. The molecule has 0 saturated heterocycles. The van der Waals surface area contributed by atoms with Crippen molar-refractivity contribution in [3.8, 4) is 11.5 Å². The topological polar surface area (TPSA) is 67.9 Å². The van der Waals surface area contributed by atoms with Gasteiger partial charge in [0, 0.05) is 25.4 Å². The molecule has 6 nitrogen and oxygen atoms in total. The van der Waals surface area contributed by atoms with E-state index in [1.165, 1.54) is 6.92 Å². The van der Waals surface area contributed by atoms with Crippen molar-refractivity contribution < 1.29 is 19.1 Å². The first kappa shape index (κ1) is 19.8. The first-order valence-corrected chi connectivity index (χ1v) is 8.04. The number of carbonyl (C=O) groups is 2. The zero-order chi connectivity index (χ0) is 18.2. The van der Waals surface area contributed by atoms with Gasteiger partial charge in [-0.25, -0.2) is 0 Å². The molecule has 1 N–H and O–H groups in total. The molecule has 24 heavy (non-hydrogen) atoms. The molecule has 0 spiro atoms. The van der Waals surface area contributed by atoms with E-state index in [-0.39, 0.29) is 11.8 Å². The number of hydrogen-bond donors (Lipinski definition) is 1. The number of carbonyl (C=O) groups excluding carboxylic acids is 2. The van der Waals surface area contributed by atoms with E-state index in [2.05, 4.69) is 5.32 Å². The second-order valence-corrected chi connectivity index (χ2v) is 6.54. The van der Waals surface area contributed by atoms with Crippen LogP contribution in [0.5, 0.6) is 11.5 Å². The highest BCUT2D eigenvalue weighted by Gasteiger charge is 2.20. The third kappa shape index (κ3) is 6.89. The summed E-state index contributed by atoms with van der Waals surface area (Å²) in [5, 5.41) is 2.84. The Labute approximate surface area is 144 Å². The molecule has 0 heterocycles. The van der Waals surface area contributed by atoms with E-state index in [0.29, 0.717) is 26.2 Å². The van der Waals surface area contributed by atoms with Crippen LogP contribution >= 0.6 is 0 Å². The van der Waals surface area contributed by atoms with Crippen LogP contribution < -0.4 is 14.8 Å². The largest absolute Gasteiger partial charge is 0.497 e. The van der Waals surface area contributed by atoms with E-state index in [1.807, 2.05) is 45.0 Å². The van der Waals surface area contributed by atoms with E-state index in [0.717, 1.165) is 11.5 Å². The molecule has 0 bridgehead atoms. The summed E-state index contributed by atoms with van der Waals surface area (Å²) in [5.41, 5.74) is -0.432. The van der Waals surface area contributed by atoms with Crippen LogP contribution in [0.4, 0.5) is 0 Å².